The summed E-state index contributed by atoms with van der Waals surface area (Å²) in [6.45, 7) is 4.66. The SMILES string of the molecule is CC1CNCCN1C(=O)c1ccccc1.Cl. The number of carbonyl (C=O) groups excluding carboxylic acids is 1. The molecule has 88 valence electrons. The van der Waals surface area contributed by atoms with Gasteiger partial charge in [0.25, 0.3) is 5.91 Å². The lowest BCUT2D eigenvalue weighted by Crippen LogP contribution is -2.52. The standard InChI is InChI=1S/C12H16N2O.ClH/c1-10-9-13-7-8-14(10)12(15)11-5-3-2-4-6-11;/h2-6,10,13H,7-9H2,1H3;1H. The van der Waals surface area contributed by atoms with E-state index in [-0.39, 0.29) is 24.4 Å². The maximum absolute atomic E-state index is 12.1. The maximum Gasteiger partial charge on any atom is 0.254 e. The van der Waals surface area contributed by atoms with Crippen LogP contribution < -0.4 is 5.32 Å². The van der Waals surface area contributed by atoms with Gasteiger partial charge in [-0.15, -0.1) is 12.4 Å². The molecule has 1 amide bonds. The van der Waals surface area contributed by atoms with E-state index in [0.29, 0.717) is 0 Å². The smallest absolute Gasteiger partial charge is 0.254 e. The van der Waals surface area contributed by atoms with Crippen molar-refractivity contribution in [1.82, 2.24) is 10.2 Å². The van der Waals surface area contributed by atoms with Crippen LogP contribution in [-0.2, 0) is 0 Å². The van der Waals surface area contributed by atoms with Crippen LogP contribution in [0.25, 0.3) is 0 Å². The molecule has 3 nitrogen and oxygen atoms in total. The molecule has 0 aromatic heterocycles. The highest BCUT2D eigenvalue weighted by molar-refractivity contribution is 5.94. The molecule has 1 aromatic rings. The molecule has 1 aromatic carbocycles. The zero-order valence-corrected chi connectivity index (χ0v) is 10.2. The van der Waals surface area contributed by atoms with E-state index in [9.17, 15) is 4.79 Å². The summed E-state index contributed by atoms with van der Waals surface area (Å²) in [4.78, 5) is 14.0. The zero-order valence-electron chi connectivity index (χ0n) is 9.35. The number of nitrogens with one attached hydrogen (secondary N) is 1. The molecule has 0 radical (unpaired) electrons. The van der Waals surface area contributed by atoms with E-state index in [0.717, 1.165) is 25.2 Å². The third-order valence-corrected chi connectivity index (χ3v) is 2.78. The van der Waals surface area contributed by atoms with Crippen LogP contribution in [-0.4, -0.2) is 36.5 Å². The summed E-state index contributed by atoms with van der Waals surface area (Å²) in [6.07, 6.45) is 0. The molecule has 1 fully saturated rings. The summed E-state index contributed by atoms with van der Waals surface area (Å²) in [5, 5.41) is 3.28. The number of hydrogen-bond acceptors (Lipinski definition) is 2. The number of benzene rings is 1. The molecule has 1 N–H and O–H groups in total. The minimum absolute atomic E-state index is 0. The van der Waals surface area contributed by atoms with E-state index < -0.39 is 0 Å². The molecular formula is C12H17ClN2O. The lowest BCUT2D eigenvalue weighted by molar-refractivity contribution is 0.0656. The van der Waals surface area contributed by atoms with Crippen LogP contribution >= 0.6 is 12.4 Å². The van der Waals surface area contributed by atoms with Crippen molar-refractivity contribution >= 4 is 18.3 Å². The minimum atomic E-state index is 0. The Morgan fingerprint density at radius 2 is 2.06 bits per heavy atom. The molecule has 1 aliphatic heterocycles. The Hall–Kier alpha value is -1.06. The molecule has 2 rings (SSSR count). The quantitative estimate of drug-likeness (QED) is 0.808. The molecule has 1 atom stereocenters. The Kier molecular flexibility index (Phi) is 4.77. The van der Waals surface area contributed by atoms with Crippen molar-refractivity contribution in [2.24, 2.45) is 0 Å². The first kappa shape index (κ1) is 13.0. The van der Waals surface area contributed by atoms with Gasteiger partial charge in [0.1, 0.15) is 0 Å². The largest absolute Gasteiger partial charge is 0.333 e. The van der Waals surface area contributed by atoms with Crippen molar-refractivity contribution in [1.29, 1.82) is 0 Å². The van der Waals surface area contributed by atoms with Crippen molar-refractivity contribution in [3.05, 3.63) is 35.9 Å². The number of piperazine rings is 1. The highest BCUT2D eigenvalue weighted by Gasteiger charge is 2.23. The molecule has 0 aliphatic carbocycles. The number of hydrogen-bond donors (Lipinski definition) is 1. The van der Waals surface area contributed by atoms with Crippen molar-refractivity contribution in [3.63, 3.8) is 0 Å². The van der Waals surface area contributed by atoms with Gasteiger partial charge in [0, 0.05) is 31.2 Å². The molecule has 0 saturated carbocycles. The minimum Gasteiger partial charge on any atom is -0.333 e. The second-order valence-corrected chi connectivity index (χ2v) is 3.92. The summed E-state index contributed by atoms with van der Waals surface area (Å²) in [6, 6.07) is 9.76. The van der Waals surface area contributed by atoms with Gasteiger partial charge >= 0.3 is 0 Å². The highest BCUT2D eigenvalue weighted by Crippen LogP contribution is 2.09. The normalized spacial score (nSPS) is 20.1. The predicted molar refractivity (Wildman–Crippen MR) is 67.1 cm³/mol. The number of rotatable bonds is 1. The number of nitrogens with zero attached hydrogens (tertiary/aromatic N) is 1. The Bertz CT molecular complexity index is 342. The van der Waals surface area contributed by atoms with Crippen molar-refractivity contribution in [2.75, 3.05) is 19.6 Å². The predicted octanol–water partition coefficient (Wildman–Crippen LogP) is 1.54. The zero-order chi connectivity index (χ0) is 10.7. The van der Waals surface area contributed by atoms with Gasteiger partial charge in [-0.05, 0) is 19.1 Å². The Balaban J connectivity index is 0.00000128. The fourth-order valence-corrected chi connectivity index (χ4v) is 1.89. The van der Waals surface area contributed by atoms with Crippen LogP contribution in [0.15, 0.2) is 30.3 Å². The van der Waals surface area contributed by atoms with Crippen LogP contribution in [0.2, 0.25) is 0 Å². The Labute approximate surface area is 102 Å². The van der Waals surface area contributed by atoms with Gasteiger partial charge in [0.2, 0.25) is 0 Å². The lowest BCUT2D eigenvalue weighted by Gasteiger charge is -2.34. The molecule has 1 aliphatic rings. The van der Waals surface area contributed by atoms with Crippen LogP contribution in [0.4, 0.5) is 0 Å². The van der Waals surface area contributed by atoms with E-state index in [1.54, 1.807) is 0 Å². The monoisotopic (exact) mass is 240 g/mol. The third-order valence-electron chi connectivity index (χ3n) is 2.78. The summed E-state index contributed by atoms with van der Waals surface area (Å²) in [7, 11) is 0. The summed E-state index contributed by atoms with van der Waals surface area (Å²) in [5.41, 5.74) is 0.784. The first-order valence-corrected chi connectivity index (χ1v) is 5.36. The fraction of sp³-hybridized carbons (Fsp3) is 0.417. The first-order chi connectivity index (χ1) is 7.29. The Morgan fingerprint density at radius 1 is 1.38 bits per heavy atom. The van der Waals surface area contributed by atoms with E-state index in [2.05, 4.69) is 12.2 Å². The van der Waals surface area contributed by atoms with Gasteiger partial charge < -0.3 is 10.2 Å². The average molecular weight is 241 g/mol. The second-order valence-electron chi connectivity index (χ2n) is 3.92. The van der Waals surface area contributed by atoms with Crippen LogP contribution in [0.5, 0.6) is 0 Å². The van der Waals surface area contributed by atoms with Gasteiger partial charge in [-0.3, -0.25) is 4.79 Å². The molecular weight excluding hydrogens is 224 g/mol. The van der Waals surface area contributed by atoms with Crippen molar-refractivity contribution in [3.8, 4) is 0 Å². The number of carbonyl (C=O) groups is 1. The summed E-state index contributed by atoms with van der Waals surface area (Å²) in [5.74, 6) is 0.143. The number of halogens is 1. The average Bonchev–Trinajstić information content (AvgIpc) is 2.30. The van der Waals surface area contributed by atoms with E-state index in [1.165, 1.54) is 0 Å². The lowest BCUT2D eigenvalue weighted by atomic mass is 10.1. The van der Waals surface area contributed by atoms with E-state index in [4.69, 9.17) is 0 Å². The molecule has 1 heterocycles. The molecule has 1 saturated heterocycles. The molecule has 0 spiro atoms. The molecule has 16 heavy (non-hydrogen) atoms. The van der Waals surface area contributed by atoms with Crippen molar-refractivity contribution < 1.29 is 4.79 Å². The fourth-order valence-electron chi connectivity index (χ4n) is 1.89. The van der Waals surface area contributed by atoms with Gasteiger partial charge in [0.15, 0.2) is 0 Å². The molecule has 1 unspecified atom stereocenters. The van der Waals surface area contributed by atoms with Gasteiger partial charge in [-0.2, -0.15) is 0 Å². The topological polar surface area (TPSA) is 32.3 Å². The number of amides is 1. The van der Waals surface area contributed by atoms with E-state index in [1.807, 2.05) is 35.2 Å². The van der Waals surface area contributed by atoms with Crippen molar-refractivity contribution in [2.45, 2.75) is 13.0 Å². The first-order valence-electron chi connectivity index (χ1n) is 5.36. The molecule has 4 heteroatoms. The summed E-state index contributed by atoms with van der Waals surface area (Å²) >= 11 is 0. The highest BCUT2D eigenvalue weighted by atomic mass is 35.5. The maximum atomic E-state index is 12.1. The van der Waals surface area contributed by atoms with Gasteiger partial charge in [-0.1, -0.05) is 18.2 Å². The van der Waals surface area contributed by atoms with Crippen LogP contribution in [0.3, 0.4) is 0 Å². The third kappa shape index (κ3) is 2.74. The van der Waals surface area contributed by atoms with Gasteiger partial charge in [-0.25, -0.2) is 0 Å². The molecule has 0 bridgehead atoms. The van der Waals surface area contributed by atoms with E-state index >= 15 is 0 Å². The van der Waals surface area contributed by atoms with Gasteiger partial charge in [0.05, 0.1) is 0 Å². The summed E-state index contributed by atoms with van der Waals surface area (Å²) < 4.78 is 0. The second kappa shape index (κ2) is 5.87. The van der Waals surface area contributed by atoms with Crippen LogP contribution in [0, 0.1) is 0 Å². The Morgan fingerprint density at radius 3 is 2.69 bits per heavy atom. The van der Waals surface area contributed by atoms with Crippen LogP contribution in [0.1, 0.15) is 17.3 Å².